The van der Waals surface area contributed by atoms with E-state index in [-0.39, 0.29) is 11.9 Å². The molecule has 22 heavy (non-hydrogen) atoms. The maximum absolute atomic E-state index is 10.9. The first-order chi connectivity index (χ1) is 10.7. The second-order valence-corrected chi connectivity index (χ2v) is 5.54. The topological polar surface area (TPSA) is 52.6 Å². The zero-order valence-corrected chi connectivity index (χ0v) is 14.3. The van der Waals surface area contributed by atoms with Gasteiger partial charge in [0.1, 0.15) is 0 Å². The van der Waals surface area contributed by atoms with Crippen LogP contribution in [0.5, 0.6) is 0 Å². The maximum Gasteiger partial charge on any atom is 0.305 e. The third kappa shape index (κ3) is 16.7. The highest BCUT2D eigenvalue weighted by atomic mass is 16.5. The highest BCUT2D eigenvalue weighted by Gasteiger charge is 1.98. The number of allylic oxidation sites excluding steroid dienone is 2. The number of esters is 2. The number of unbranched alkanes of at least 4 members (excludes halogenated alkanes) is 8. The Bertz CT molecular complexity index is 310. The largest absolute Gasteiger partial charge is 0.469 e. The van der Waals surface area contributed by atoms with E-state index in [1.54, 1.807) is 0 Å². The van der Waals surface area contributed by atoms with Gasteiger partial charge in [-0.1, -0.05) is 44.3 Å². The van der Waals surface area contributed by atoms with Gasteiger partial charge in [0.25, 0.3) is 0 Å². The first-order valence-corrected chi connectivity index (χ1v) is 8.52. The predicted molar refractivity (Wildman–Crippen MR) is 88.6 cm³/mol. The van der Waals surface area contributed by atoms with Gasteiger partial charge in [-0.3, -0.25) is 9.59 Å². The van der Waals surface area contributed by atoms with Crippen molar-refractivity contribution in [1.29, 1.82) is 0 Å². The minimum Gasteiger partial charge on any atom is -0.469 e. The molecule has 0 aliphatic rings. The van der Waals surface area contributed by atoms with Crippen LogP contribution >= 0.6 is 0 Å². The first-order valence-electron chi connectivity index (χ1n) is 8.52. The Hall–Kier alpha value is -1.32. The summed E-state index contributed by atoms with van der Waals surface area (Å²) in [6.45, 7) is 1.96. The van der Waals surface area contributed by atoms with Crippen LogP contribution in [0, 0.1) is 0 Å². The van der Waals surface area contributed by atoms with Crippen molar-refractivity contribution in [1.82, 2.24) is 0 Å². The highest BCUT2D eigenvalue weighted by Crippen LogP contribution is 2.10. The monoisotopic (exact) mass is 312 g/mol. The molecular formula is C18H32O4. The summed E-state index contributed by atoms with van der Waals surface area (Å²) in [4.78, 5) is 21.5. The number of hydrogen-bond acceptors (Lipinski definition) is 4. The van der Waals surface area contributed by atoms with Gasteiger partial charge < -0.3 is 9.47 Å². The third-order valence-corrected chi connectivity index (χ3v) is 3.47. The molecule has 0 amide bonds. The molecule has 0 aromatic heterocycles. The summed E-state index contributed by atoms with van der Waals surface area (Å²) in [5.74, 6) is -0.297. The molecule has 0 fully saturated rings. The molecule has 0 aliphatic heterocycles. The number of methoxy groups -OCH3 is 1. The van der Waals surface area contributed by atoms with Gasteiger partial charge in [0.15, 0.2) is 0 Å². The van der Waals surface area contributed by atoms with Crippen LogP contribution in [0.1, 0.15) is 77.6 Å². The van der Waals surface area contributed by atoms with Crippen LogP contribution in [-0.4, -0.2) is 25.7 Å². The zero-order chi connectivity index (χ0) is 16.5. The van der Waals surface area contributed by atoms with Crippen LogP contribution < -0.4 is 0 Å². The SMILES string of the molecule is COC(=O)CCCCCCCCC/C=C/CCCOC(C)=O. The molecule has 128 valence electrons. The van der Waals surface area contributed by atoms with E-state index < -0.39 is 0 Å². The van der Waals surface area contributed by atoms with Crippen molar-refractivity contribution in [3.63, 3.8) is 0 Å². The summed E-state index contributed by atoms with van der Waals surface area (Å²) in [5.41, 5.74) is 0. The summed E-state index contributed by atoms with van der Waals surface area (Å²) in [7, 11) is 1.44. The Morgan fingerprint density at radius 1 is 0.818 bits per heavy atom. The second kappa shape index (κ2) is 16.1. The number of ether oxygens (including phenoxy) is 2. The lowest BCUT2D eigenvalue weighted by molar-refractivity contribution is -0.141. The molecule has 0 unspecified atom stereocenters. The van der Waals surface area contributed by atoms with Crippen molar-refractivity contribution >= 4 is 11.9 Å². The van der Waals surface area contributed by atoms with Crippen molar-refractivity contribution in [3.05, 3.63) is 12.2 Å². The van der Waals surface area contributed by atoms with Gasteiger partial charge in [0.05, 0.1) is 13.7 Å². The average molecular weight is 312 g/mol. The van der Waals surface area contributed by atoms with Crippen LogP contribution in [0.3, 0.4) is 0 Å². The summed E-state index contributed by atoms with van der Waals surface area (Å²) in [5, 5.41) is 0. The molecule has 0 saturated heterocycles. The average Bonchev–Trinajstić information content (AvgIpc) is 2.50. The van der Waals surface area contributed by atoms with E-state index in [2.05, 4.69) is 16.9 Å². The zero-order valence-electron chi connectivity index (χ0n) is 14.3. The van der Waals surface area contributed by atoms with E-state index in [4.69, 9.17) is 4.74 Å². The van der Waals surface area contributed by atoms with E-state index in [1.165, 1.54) is 46.1 Å². The van der Waals surface area contributed by atoms with Crippen LogP contribution in [-0.2, 0) is 19.1 Å². The fourth-order valence-electron chi connectivity index (χ4n) is 2.17. The third-order valence-electron chi connectivity index (χ3n) is 3.47. The van der Waals surface area contributed by atoms with Crippen LogP contribution in [0.4, 0.5) is 0 Å². The lowest BCUT2D eigenvalue weighted by Crippen LogP contribution is -1.99. The molecule has 0 rings (SSSR count). The molecule has 0 spiro atoms. The Morgan fingerprint density at radius 2 is 1.36 bits per heavy atom. The molecule has 0 aliphatic carbocycles. The summed E-state index contributed by atoms with van der Waals surface area (Å²) >= 11 is 0. The Morgan fingerprint density at radius 3 is 1.95 bits per heavy atom. The second-order valence-electron chi connectivity index (χ2n) is 5.54. The van der Waals surface area contributed by atoms with Crippen LogP contribution in [0.25, 0.3) is 0 Å². The molecular weight excluding hydrogens is 280 g/mol. The van der Waals surface area contributed by atoms with Crippen molar-refractivity contribution in [2.75, 3.05) is 13.7 Å². The number of hydrogen-bond donors (Lipinski definition) is 0. The smallest absolute Gasteiger partial charge is 0.305 e. The summed E-state index contributed by atoms with van der Waals surface area (Å²) in [6.07, 6.45) is 16.3. The fraction of sp³-hybridized carbons (Fsp3) is 0.778. The molecule has 0 aromatic carbocycles. The van der Waals surface area contributed by atoms with E-state index in [0.29, 0.717) is 13.0 Å². The van der Waals surface area contributed by atoms with Gasteiger partial charge in [-0.05, 0) is 32.1 Å². The maximum atomic E-state index is 10.9. The molecule has 0 radical (unpaired) electrons. The standard InChI is InChI=1S/C18H32O4/c1-17(19)22-16-14-12-10-8-6-4-3-5-7-9-11-13-15-18(20)21-2/h8,10H,3-7,9,11-16H2,1-2H3/b10-8+. The van der Waals surface area contributed by atoms with Gasteiger partial charge in [0.2, 0.25) is 0 Å². The Labute approximate surface area is 135 Å². The molecule has 0 heterocycles. The van der Waals surface area contributed by atoms with Gasteiger partial charge in [-0.25, -0.2) is 0 Å². The first kappa shape index (κ1) is 20.7. The Kier molecular flexibility index (Phi) is 15.1. The summed E-state index contributed by atoms with van der Waals surface area (Å²) < 4.78 is 9.47. The lowest BCUT2D eigenvalue weighted by atomic mass is 10.1. The van der Waals surface area contributed by atoms with Gasteiger partial charge in [-0.15, -0.1) is 0 Å². The number of carbonyl (C=O) groups is 2. The summed E-state index contributed by atoms with van der Waals surface area (Å²) in [6, 6.07) is 0. The quantitative estimate of drug-likeness (QED) is 0.268. The van der Waals surface area contributed by atoms with Gasteiger partial charge >= 0.3 is 11.9 Å². The van der Waals surface area contributed by atoms with Gasteiger partial charge in [-0.2, -0.15) is 0 Å². The normalized spacial score (nSPS) is 10.8. The van der Waals surface area contributed by atoms with Crippen molar-refractivity contribution in [2.24, 2.45) is 0 Å². The fourth-order valence-corrected chi connectivity index (χ4v) is 2.17. The minimum absolute atomic E-state index is 0.0976. The Balaban J connectivity index is 3.13. The van der Waals surface area contributed by atoms with E-state index >= 15 is 0 Å². The molecule has 4 heteroatoms. The molecule has 0 bridgehead atoms. The van der Waals surface area contributed by atoms with Crippen LogP contribution in [0.2, 0.25) is 0 Å². The van der Waals surface area contributed by atoms with Crippen molar-refractivity contribution in [2.45, 2.75) is 77.6 Å². The minimum atomic E-state index is -0.200. The molecule has 0 saturated carbocycles. The van der Waals surface area contributed by atoms with Gasteiger partial charge in [0, 0.05) is 13.3 Å². The van der Waals surface area contributed by atoms with Crippen molar-refractivity contribution < 1.29 is 19.1 Å². The molecule has 0 atom stereocenters. The van der Waals surface area contributed by atoms with Crippen LogP contribution in [0.15, 0.2) is 12.2 Å². The predicted octanol–water partition coefficient (Wildman–Crippen LogP) is 4.57. The van der Waals surface area contributed by atoms with E-state index in [1.807, 2.05) is 0 Å². The highest BCUT2D eigenvalue weighted by molar-refractivity contribution is 5.68. The number of rotatable bonds is 14. The number of carbonyl (C=O) groups excluding carboxylic acids is 2. The molecule has 0 aromatic rings. The lowest BCUT2D eigenvalue weighted by Gasteiger charge is -2.01. The molecule has 0 N–H and O–H groups in total. The van der Waals surface area contributed by atoms with E-state index in [0.717, 1.165) is 32.1 Å². The molecule has 4 nitrogen and oxygen atoms in total. The van der Waals surface area contributed by atoms with Crippen molar-refractivity contribution in [3.8, 4) is 0 Å². The van der Waals surface area contributed by atoms with E-state index in [9.17, 15) is 9.59 Å².